The first-order valence-corrected chi connectivity index (χ1v) is 7.28. The lowest BCUT2D eigenvalue weighted by atomic mass is 9.93. The smallest absolute Gasteiger partial charge is 0.337 e. The van der Waals surface area contributed by atoms with E-state index in [1.807, 2.05) is 25.1 Å². The average Bonchev–Trinajstić information content (AvgIpc) is 3.07. The van der Waals surface area contributed by atoms with Crippen LogP contribution in [0, 0.1) is 24.7 Å². The first-order chi connectivity index (χ1) is 9.67. The van der Waals surface area contributed by atoms with Crippen molar-refractivity contribution in [2.24, 2.45) is 17.8 Å². The van der Waals surface area contributed by atoms with Crippen LogP contribution in [-0.4, -0.2) is 19.6 Å². The van der Waals surface area contributed by atoms with Crippen LogP contribution in [0.3, 0.4) is 0 Å². The second kappa shape index (κ2) is 5.31. The molecule has 0 heterocycles. The molecular formula is C17H21NO2. The molecule has 1 aromatic rings. The summed E-state index contributed by atoms with van der Waals surface area (Å²) < 4.78 is 4.74. The Morgan fingerprint density at radius 3 is 2.80 bits per heavy atom. The molecule has 2 bridgehead atoms. The van der Waals surface area contributed by atoms with E-state index in [4.69, 9.17) is 4.74 Å². The number of hydrogen-bond acceptors (Lipinski definition) is 3. The zero-order valence-electron chi connectivity index (χ0n) is 12.1. The number of fused-ring (bicyclic) bond motifs is 2. The number of carbonyl (C=O) groups excluding carboxylic acids is 1. The summed E-state index contributed by atoms with van der Waals surface area (Å²) in [5.74, 6) is 2.05. The number of allylic oxidation sites excluding steroid dienone is 2. The molecule has 3 atom stereocenters. The molecule has 1 fully saturated rings. The Hall–Kier alpha value is -1.77. The highest BCUT2D eigenvalue weighted by molar-refractivity contribution is 5.90. The second-order valence-corrected chi connectivity index (χ2v) is 5.94. The van der Waals surface area contributed by atoms with Gasteiger partial charge in [-0.2, -0.15) is 0 Å². The largest absolute Gasteiger partial charge is 0.465 e. The predicted octanol–water partition coefficient (Wildman–Crippen LogP) is 3.41. The molecule has 0 aliphatic heterocycles. The van der Waals surface area contributed by atoms with Crippen LogP contribution in [0.4, 0.5) is 5.69 Å². The molecule has 3 nitrogen and oxygen atoms in total. The van der Waals surface area contributed by atoms with Crippen molar-refractivity contribution in [3.63, 3.8) is 0 Å². The highest BCUT2D eigenvalue weighted by atomic mass is 16.5. The zero-order chi connectivity index (χ0) is 14.1. The number of hydrogen-bond donors (Lipinski definition) is 1. The number of nitrogens with one attached hydrogen (secondary N) is 1. The van der Waals surface area contributed by atoms with Crippen molar-refractivity contribution in [3.8, 4) is 0 Å². The van der Waals surface area contributed by atoms with Crippen molar-refractivity contribution in [1.82, 2.24) is 0 Å². The van der Waals surface area contributed by atoms with E-state index < -0.39 is 0 Å². The van der Waals surface area contributed by atoms with Gasteiger partial charge in [0, 0.05) is 12.2 Å². The van der Waals surface area contributed by atoms with Crippen LogP contribution in [0.1, 0.15) is 28.8 Å². The zero-order valence-corrected chi connectivity index (χ0v) is 12.1. The molecule has 0 amide bonds. The molecule has 0 radical (unpaired) electrons. The molecule has 1 aromatic carbocycles. The van der Waals surface area contributed by atoms with Gasteiger partial charge in [0.15, 0.2) is 0 Å². The van der Waals surface area contributed by atoms with Gasteiger partial charge in [-0.3, -0.25) is 0 Å². The van der Waals surface area contributed by atoms with Crippen molar-refractivity contribution in [1.29, 1.82) is 0 Å². The molecule has 106 valence electrons. The average molecular weight is 271 g/mol. The minimum atomic E-state index is -0.280. The number of rotatable bonds is 4. The van der Waals surface area contributed by atoms with E-state index in [2.05, 4.69) is 17.5 Å². The maximum Gasteiger partial charge on any atom is 0.337 e. The number of anilines is 1. The number of methoxy groups -OCH3 is 1. The lowest BCUT2D eigenvalue weighted by molar-refractivity contribution is 0.0600. The molecule has 3 heteroatoms. The van der Waals surface area contributed by atoms with Gasteiger partial charge in [0.05, 0.1) is 12.7 Å². The third-order valence-corrected chi connectivity index (χ3v) is 4.62. The van der Waals surface area contributed by atoms with Crippen LogP contribution in [0.25, 0.3) is 0 Å². The van der Waals surface area contributed by atoms with Crippen LogP contribution in [0.15, 0.2) is 30.4 Å². The van der Waals surface area contributed by atoms with Crippen molar-refractivity contribution in [2.75, 3.05) is 19.0 Å². The SMILES string of the molecule is COC(=O)c1ccc(NCC2CC3C=CC2C3)c(C)c1. The monoisotopic (exact) mass is 271 g/mol. The maximum atomic E-state index is 11.5. The van der Waals surface area contributed by atoms with Gasteiger partial charge in [0.1, 0.15) is 0 Å². The maximum absolute atomic E-state index is 11.5. The van der Waals surface area contributed by atoms with E-state index in [0.29, 0.717) is 5.56 Å². The van der Waals surface area contributed by atoms with Crippen LogP contribution >= 0.6 is 0 Å². The molecule has 2 aliphatic rings. The summed E-state index contributed by atoms with van der Waals surface area (Å²) in [6.45, 7) is 3.04. The van der Waals surface area contributed by atoms with Crippen LogP contribution in [0.5, 0.6) is 0 Å². The van der Waals surface area contributed by atoms with E-state index in [0.717, 1.165) is 35.5 Å². The fraction of sp³-hybridized carbons (Fsp3) is 0.471. The highest BCUT2D eigenvalue weighted by Gasteiger charge is 2.35. The van der Waals surface area contributed by atoms with E-state index in [9.17, 15) is 4.79 Å². The quantitative estimate of drug-likeness (QED) is 0.673. The lowest BCUT2D eigenvalue weighted by Crippen LogP contribution is -2.18. The summed E-state index contributed by atoms with van der Waals surface area (Å²) in [5.41, 5.74) is 2.81. The predicted molar refractivity (Wildman–Crippen MR) is 79.9 cm³/mol. The number of aryl methyl sites for hydroxylation is 1. The number of esters is 1. The summed E-state index contributed by atoms with van der Waals surface area (Å²) in [6.07, 6.45) is 7.41. The lowest BCUT2D eigenvalue weighted by Gasteiger charge is -2.20. The summed E-state index contributed by atoms with van der Waals surface area (Å²) in [7, 11) is 1.41. The van der Waals surface area contributed by atoms with Crippen molar-refractivity contribution in [2.45, 2.75) is 19.8 Å². The van der Waals surface area contributed by atoms with Crippen LogP contribution in [0.2, 0.25) is 0 Å². The standard InChI is InChI=1S/C17H21NO2/c1-11-7-14(17(19)20-2)5-6-16(11)18-10-15-9-12-3-4-13(15)8-12/h3-7,12-13,15,18H,8-10H2,1-2H3. The summed E-state index contributed by atoms with van der Waals surface area (Å²) in [6, 6.07) is 5.68. The Balaban J connectivity index is 1.63. The van der Waals surface area contributed by atoms with Gasteiger partial charge in [0.25, 0.3) is 0 Å². The van der Waals surface area contributed by atoms with Gasteiger partial charge in [-0.05, 0) is 61.3 Å². The van der Waals surface area contributed by atoms with Crippen molar-refractivity contribution < 1.29 is 9.53 Å². The normalized spacial score (nSPS) is 26.8. The summed E-state index contributed by atoms with van der Waals surface area (Å²) >= 11 is 0. The second-order valence-electron chi connectivity index (χ2n) is 5.94. The molecule has 0 aromatic heterocycles. The molecule has 1 N–H and O–H groups in total. The van der Waals surface area contributed by atoms with E-state index in [-0.39, 0.29) is 5.97 Å². The fourth-order valence-corrected chi connectivity index (χ4v) is 3.48. The van der Waals surface area contributed by atoms with E-state index in [1.54, 1.807) is 0 Å². The molecular weight excluding hydrogens is 250 g/mol. The Morgan fingerprint density at radius 2 is 2.20 bits per heavy atom. The van der Waals surface area contributed by atoms with Gasteiger partial charge >= 0.3 is 5.97 Å². The van der Waals surface area contributed by atoms with Gasteiger partial charge in [-0.25, -0.2) is 4.79 Å². The Labute approximate surface area is 120 Å². The summed E-state index contributed by atoms with van der Waals surface area (Å²) in [4.78, 5) is 11.5. The Kier molecular flexibility index (Phi) is 3.51. The third-order valence-electron chi connectivity index (χ3n) is 4.62. The highest BCUT2D eigenvalue weighted by Crippen LogP contribution is 2.43. The Morgan fingerprint density at radius 1 is 1.35 bits per heavy atom. The first kappa shape index (κ1) is 13.2. The summed E-state index contributed by atoms with van der Waals surface area (Å²) in [5, 5.41) is 3.54. The molecule has 0 spiro atoms. The molecule has 3 unspecified atom stereocenters. The molecule has 0 saturated heterocycles. The van der Waals surface area contributed by atoms with Gasteiger partial charge < -0.3 is 10.1 Å². The topological polar surface area (TPSA) is 38.3 Å². The number of benzene rings is 1. The molecule has 1 saturated carbocycles. The van der Waals surface area contributed by atoms with Crippen LogP contribution in [-0.2, 0) is 4.74 Å². The van der Waals surface area contributed by atoms with Gasteiger partial charge in [-0.1, -0.05) is 12.2 Å². The van der Waals surface area contributed by atoms with Gasteiger partial charge in [0.2, 0.25) is 0 Å². The van der Waals surface area contributed by atoms with Crippen LogP contribution < -0.4 is 5.32 Å². The van der Waals surface area contributed by atoms with Gasteiger partial charge in [-0.15, -0.1) is 0 Å². The number of carbonyl (C=O) groups is 1. The molecule has 20 heavy (non-hydrogen) atoms. The minimum Gasteiger partial charge on any atom is -0.465 e. The van der Waals surface area contributed by atoms with E-state index in [1.165, 1.54) is 20.0 Å². The third kappa shape index (κ3) is 2.45. The number of ether oxygens (including phenoxy) is 1. The van der Waals surface area contributed by atoms with Crippen molar-refractivity contribution >= 4 is 11.7 Å². The Bertz CT molecular complexity index is 550. The molecule has 3 rings (SSSR count). The molecule has 2 aliphatic carbocycles. The van der Waals surface area contributed by atoms with E-state index >= 15 is 0 Å². The fourth-order valence-electron chi connectivity index (χ4n) is 3.48. The minimum absolute atomic E-state index is 0.280. The first-order valence-electron chi connectivity index (χ1n) is 7.28. The van der Waals surface area contributed by atoms with Crippen molar-refractivity contribution in [3.05, 3.63) is 41.5 Å².